The number of fused-ring (bicyclic) bond motifs is 1. The maximum Gasteiger partial charge on any atom is 0.409 e. The van der Waals surface area contributed by atoms with Gasteiger partial charge in [0.1, 0.15) is 6.04 Å². The first-order chi connectivity index (χ1) is 19.1. The molecule has 0 spiro atoms. The number of nitrogens with zero attached hydrogens (tertiary/aromatic N) is 8. The minimum atomic E-state index is -3.09. The topological polar surface area (TPSA) is 157 Å². The van der Waals surface area contributed by atoms with Gasteiger partial charge in [-0.3, -0.25) is 4.79 Å². The Morgan fingerprint density at radius 2 is 1.88 bits per heavy atom. The van der Waals surface area contributed by atoms with Crippen molar-refractivity contribution in [1.82, 2.24) is 34.7 Å². The minimum Gasteiger partial charge on any atom is -0.453 e. The number of hydrogen-bond acceptors (Lipinski definition) is 10. The Kier molecular flexibility index (Phi) is 6.17. The van der Waals surface area contributed by atoms with E-state index >= 15 is 0 Å². The molecule has 0 radical (unpaired) electrons. The predicted octanol–water partition coefficient (Wildman–Crippen LogP) is 1.40. The number of anilines is 2. The highest BCUT2D eigenvalue weighted by molar-refractivity contribution is 7.91. The second kappa shape index (κ2) is 9.59. The van der Waals surface area contributed by atoms with E-state index in [1.54, 1.807) is 21.7 Å². The quantitative estimate of drug-likeness (QED) is 0.362. The monoisotopic (exact) mass is 565 g/mol. The summed E-state index contributed by atoms with van der Waals surface area (Å²) in [6.45, 7) is 3.60. The van der Waals surface area contributed by atoms with Gasteiger partial charge in [-0.1, -0.05) is 12.1 Å². The number of carbonyl (C=O) groups is 2. The molecule has 1 aromatic carbocycles. The summed E-state index contributed by atoms with van der Waals surface area (Å²) in [7, 11) is -1.75. The number of carbonyl (C=O) groups excluding carboxylic acids is 2. The molecule has 0 unspecified atom stereocenters. The van der Waals surface area contributed by atoms with Crippen LogP contribution in [-0.4, -0.2) is 99.9 Å². The molecule has 0 bridgehead atoms. The van der Waals surface area contributed by atoms with E-state index in [0.29, 0.717) is 54.3 Å². The fourth-order valence-electron chi connectivity index (χ4n) is 4.72. The molecule has 4 aromatic rings. The SMILES string of the molecule is COC(=O)N1CC(n2nnc(-c3ccc(C)c(NC(=O)c4cnn5ccc(N6CC(S(C)(=O)=O)C6)cc45)c3)n2)C1. The lowest BCUT2D eigenvalue weighted by Gasteiger charge is -2.39. The summed E-state index contributed by atoms with van der Waals surface area (Å²) in [5, 5.41) is 19.7. The summed E-state index contributed by atoms with van der Waals surface area (Å²) in [6.07, 6.45) is 4.12. The van der Waals surface area contributed by atoms with Gasteiger partial charge < -0.3 is 19.9 Å². The largest absolute Gasteiger partial charge is 0.453 e. The van der Waals surface area contributed by atoms with Gasteiger partial charge in [-0.05, 0) is 35.9 Å². The van der Waals surface area contributed by atoms with E-state index in [-0.39, 0.29) is 23.3 Å². The Morgan fingerprint density at radius 3 is 2.60 bits per heavy atom. The van der Waals surface area contributed by atoms with Gasteiger partial charge in [0.05, 0.1) is 42.7 Å². The van der Waals surface area contributed by atoms with Gasteiger partial charge in [-0.15, -0.1) is 10.2 Å². The maximum absolute atomic E-state index is 13.3. The van der Waals surface area contributed by atoms with Crippen molar-refractivity contribution < 1.29 is 22.7 Å². The lowest BCUT2D eigenvalue weighted by atomic mass is 10.1. The lowest BCUT2D eigenvalue weighted by Crippen LogP contribution is -2.54. The summed E-state index contributed by atoms with van der Waals surface area (Å²) < 4.78 is 29.9. The number of benzene rings is 1. The summed E-state index contributed by atoms with van der Waals surface area (Å²) in [4.78, 5) is 29.9. The van der Waals surface area contributed by atoms with Gasteiger partial charge in [-0.2, -0.15) is 9.90 Å². The highest BCUT2D eigenvalue weighted by Gasteiger charge is 2.35. The lowest BCUT2D eigenvalue weighted by molar-refractivity contribution is 0.0621. The van der Waals surface area contributed by atoms with Crippen LogP contribution in [0.1, 0.15) is 22.0 Å². The molecule has 0 saturated carbocycles. The van der Waals surface area contributed by atoms with Crippen LogP contribution >= 0.6 is 0 Å². The van der Waals surface area contributed by atoms with E-state index in [2.05, 4.69) is 25.8 Å². The van der Waals surface area contributed by atoms with Crippen LogP contribution in [0.15, 0.2) is 42.7 Å². The van der Waals surface area contributed by atoms with Crippen molar-refractivity contribution in [1.29, 1.82) is 0 Å². The highest BCUT2D eigenvalue weighted by Crippen LogP contribution is 2.28. The maximum atomic E-state index is 13.3. The van der Waals surface area contributed by atoms with Crippen LogP contribution in [0.4, 0.5) is 16.2 Å². The summed E-state index contributed by atoms with van der Waals surface area (Å²) in [6, 6.07) is 9.12. The van der Waals surface area contributed by atoms with Crippen molar-refractivity contribution in [3.8, 4) is 11.4 Å². The molecule has 208 valence electrons. The van der Waals surface area contributed by atoms with Crippen LogP contribution in [0.3, 0.4) is 0 Å². The summed E-state index contributed by atoms with van der Waals surface area (Å²) in [5.74, 6) is 0.0635. The molecule has 14 nitrogen and oxygen atoms in total. The second-order valence-electron chi connectivity index (χ2n) is 10.1. The van der Waals surface area contributed by atoms with Gasteiger partial charge in [0.15, 0.2) is 9.84 Å². The molecule has 6 rings (SSSR count). The van der Waals surface area contributed by atoms with Gasteiger partial charge in [0.25, 0.3) is 5.91 Å². The van der Waals surface area contributed by atoms with Gasteiger partial charge in [0, 0.05) is 42.5 Å². The van der Waals surface area contributed by atoms with E-state index in [9.17, 15) is 18.0 Å². The van der Waals surface area contributed by atoms with Crippen molar-refractivity contribution >= 4 is 38.7 Å². The van der Waals surface area contributed by atoms with Gasteiger partial charge >= 0.3 is 6.09 Å². The third-order valence-electron chi connectivity index (χ3n) is 7.36. The third-order valence-corrected chi connectivity index (χ3v) is 8.87. The average Bonchev–Trinajstić information content (AvgIpc) is 3.50. The normalized spacial score (nSPS) is 16.1. The number of rotatable bonds is 6. The van der Waals surface area contributed by atoms with E-state index in [1.807, 2.05) is 36.1 Å². The Morgan fingerprint density at radius 1 is 1.10 bits per heavy atom. The highest BCUT2D eigenvalue weighted by atomic mass is 32.2. The number of tetrazole rings is 1. The molecule has 2 aliphatic rings. The zero-order valence-electron chi connectivity index (χ0n) is 22.1. The molecule has 2 fully saturated rings. The molecule has 5 heterocycles. The molecule has 0 aliphatic carbocycles. The third kappa shape index (κ3) is 4.61. The van der Waals surface area contributed by atoms with E-state index in [1.165, 1.54) is 24.4 Å². The summed E-state index contributed by atoms with van der Waals surface area (Å²) in [5.41, 5.74) is 3.94. The van der Waals surface area contributed by atoms with Gasteiger partial charge in [0.2, 0.25) is 5.82 Å². The number of sulfone groups is 1. The summed E-state index contributed by atoms with van der Waals surface area (Å²) >= 11 is 0. The van der Waals surface area contributed by atoms with Crippen molar-refractivity contribution in [3.05, 3.63) is 53.9 Å². The second-order valence-corrected chi connectivity index (χ2v) is 12.4. The molecule has 3 aromatic heterocycles. The number of nitrogens with one attached hydrogen (secondary N) is 1. The molecule has 40 heavy (non-hydrogen) atoms. The van der Waals surface area contributed by atoms with Crippen molar-refractivity contribution in [2.24, 2.45) is 0 Å². The van der Waals surface area contributed by atoms with E-state index in [4.69, 9.17) is 4.74 Å². The number of hydrogen-bond donors (Lipinski definition) is 1. The van der Waals surface area contributed by atoms with Crippen molar-refractivity contribution in [3.63, 3.8) is 0 Å². The molecular formula is C25H27N9O5S. The number of ether oxygens (including phenoxy) is 1. The number of aromatic nitrogens is 6. The van der Waals surface area contributed by atoms with Gasteiger partial charge in [-0.25, -0.2) is 17.7 Å². The first-order valence-corrected chi connectivity index (χ1v) is 14.5. The van der Waals surface area contributed by atoms with Crippen LogP contribution < -0.4 is 10.2 Å². The Hall–Kier alpha value is -4.53. The molecule has 15 heteroatoms. The molecule has 2 saturated heterocycles. The van der Waals surface area contributed by atoms with Crippen LogP contribution in [0.5, 0.6) is 0 Å². The molecule has 1 N–H and O–H groups in total. The first kappa shape index (κ1) is 25.7. The van der Waals surface area contributed by atoms with Crippen LogP contribution in [0.2, 0.25) is 0 Å². The predicted molar refractivity (Wildman–Crippen MR) is 145 cm³/mol. The molecule has 0 atom stereocenters. The van der Waals surface area contributed by atoms with Crippen molar-refractivity contribution in [2.75, 3.05) is 49.8 Å². The van der Waals surface area contributed by atoms with Crippen molar-refractivity contribution in [2.45, 2.75) is 18.2 Å². The Balaban J connectivity index is 1.18. The minimum absolute atomic E-state index is 0.0843. The van der Waals surface area contributed by atoms with E-state index in [0.717, 1.165) is 11.3 Å². The van der Waals surface area contributed by atoms with E-state index < -0.39 is 9.84 Å². The Bertz CT molecular complexity index is 1740. The zero-order chi connectivity index (χ0) is 28.2. The fourth-order valence-corrected chi connectivity index (χ4v) is 5.62. The number of likely N-dealkylation sites (tertiary alicyclic amines) is 1. The molecule has 2 aliphatic heterocycles. The fraction of sp³-hybridized carbons (Fsp3) is 0.360. The number of amides is 2. The van der Waals surface area contributed by atoms with Crippen LogP contribution in [-0.2, 0) is 14.6 Å². The number of aryl methyl sites for hydroxylation is 1. The van der Waals surface area contributed by atoms with Crippen LogP contribution in [0.25, 0.3) is 16.9 Å². The average molecular weight is 566 g/mol. The Labute approximate surface area is 229 Å². The number of methoxy groups -OCH3 is 1. The number of pyridine rings is 1. The molecule has 2 amide bonds. The van der Waals surface area contributed by atoms with Crippen LogP contribution in [0, 0.1) is 6.92 Å². The standard InChI is InChI=1S/C25H27N9O5S/c1-15-4-5-16(23-28-30-34(29-23)18-11-32(12-18)25(36)39-2)8-21(15)27-24(35)20-10-26-33-7-6-17(9-22(20)33)31-13-19(14-31)40(3,37)38/h4-10,18-19H,11-14H2,1-3H3,(H,27,35). The zero-order valence-corrected chi connectivity index (χ0v) is 22.9. The first-order valence-electron chi connectivity index (χ1n) is 12.6. The molecular weight excluding hydrogens is 538 g/mol. The smallest absolute Gasteiger partial charge is 0.409 e.